The summed E-state index contributed by atoms with van der Waals surface area (Å²) in [6, 6.07) is 11.9. The maximum atomic E-state index is 13.0. The number of carbonyl (C=O) groups excluding carboxylic acids is 2. The van der Waals surface area contributed by atoms with E-state index in [1.54, 1.807) is 0 Å². The van der Waals surface area contributed by atoms with Crippen LogP contribution in [-0.4, -0.2) is 27.8 Å². The Kier molecular flexibility index (Phi) is 5.49. The average Bonchev–Trinajstić information content (AvgIpc) is 3.03. The van der Waals surface area contributed by atoms with Crippen LogP contribution in [0.4, 0.5) is 10.3 Å². The van der Waals surface area contributed by atoms with Crippen LogP contribution in [0.25, 0.3) is 11.0 Å². The molecular formula is C20H21FN4O2. The first-order valence-electron chi connectivity index (χ1n) is 8.74. The van der Waals surface area contributed by atoms with Crippen molar-refractivity contribution in [3.05, 3.63) is 59.9 Å². The van der Waals surface area contributed by atoms with Crippen LogP contribution in [0.15, 0.2) is 48.5 Å². The smallest absolute Gasteiger partial charge is 0.251 e. The Labute approximate surface area is 156 Å². The lowest BCUT2D eigenvalue weighted by Crippen LogP contribution is -2.44. The van der Waals surface area contributed by atoms with E-state index in [2.05, 4.69) is 20.6 Å². The van der Waals surface area contributed by atoms with Gasteiger partial charge in [0.1, 0.15) is 11.9 Å². The molecule has 0 spiro atoms. The number of hydrogen-bond acceptors (Lipinski definition) is 3. The molecule has 0 aliphatic carbocycles. The minimum atomic E-state index is -0.740. The van der Waals surface area contributed by atoms with Crippen LogP contribution < -0.4 is 10.6 Å². The minimum Gasteiger partial charge on any atom is -0.340 e. The van der Waals surface area contributed by atoms with E-state index in [1.165, 1.54) is 24.3 Å². The summed E-state index contributed by atoms with van der Waals surface area (Å²) in [4.78, 5) is 32.5. The predicted molar refractivity (Wildman–Crippen MR) is 102 cm³/mol. The number of fused-ring (bicyclic) bond motifs is 1. The Bertz CT molecular complexity index is 917. The van der Waals surface area contributed by atoms with Gasteiger partial charge in [-0.1, -0.05) is 26.0 Å². The van der Waals surface area contributed by atoms with E-state index in [0.717, 1.165) is 11.0 Å². The molecule has 2 amide bonds. The number of nitrogens with zero attached hydrogens (tertiary/aromatic N) is 1. The molecule has 1 atom stereocenters. The zero-order valence-electron chi connectivity index (χ0n) is 15.1. The van der Waals surface area contributed by atoms with Crippen molar-refractivity contribution in [2.45, 2.75) is 26.3 Å². The highest BCUT2D eigenvalue weighted by atomic mass is 19.1. The number of H-pyrrole nitrogens is 1. The van der Waals surface area contributed by atoms with Crippen LogP contribution in [0.3, 0.4) is 0 Å². The molecule has 3 rings (SSSR count). The second kappa shape index (κ2) is 7.99. The number of imidazole rings is 1. The van der Waals surface area contributed by atoms with Gasteiger partial charge in [-0.25, -0.2) is 9.37 Å². The minimum absolute atomic E-state index is 0.185. The first-order chi connectivity index (χ1) is 12.9. The van der Waals surface area contributed by atoms with E-state index in [9.17, 15) is 14.0 Å². The lowest BCUT2D eigenvalue weighted by Gasteiger charge is -2.19. The number of carbonyl (C=O) groups is 2. The monoisotopic (exact) mass is 368 g/mol. The topological polar surface area (TPSA) is 86.9 Å². The number of anilines is 1. The first-order valence-corrected chi connectivity index (χ1v) is 8.74. The van der Waals surface area contributed by atoms with Gasteiger partial charge in [0.05, 0.1) is 11.0 Å². The highest BCUT2D eigenvalue weighted by Gasteiger charge is 2.23. The fraction of sp³-hybridized carbons (Fsp3) is 0.250. The normalized spacial score (nSPS) is 12.1. The van der Waals surface area contributed by atoms with Crippen LogP contribution in [0.2, 0.25) is 0 Å². The zero-order chi connectivity index (χ0) is 19.4. The number of aromatic nitrogens is 2. The summed E-state index contributed by atoms with van der Waals surface area (Å²) in [6.07, 6.45) is 0.457. The summed E-state index contributed by atoms with van der Waals surface area (Å²) in [5.74, 6) is -0.706. The number of aromatic amines is 1. The van der Waals surface area contributed by atoms with Gasteiger partial charge in [0.2, 0.25) is 11.9 Å². The molecule has 3 N–H and O–H groups in total. The molecule has 0 unspecified atom stereocenters. The number of amides is 2. The summed E-state index contributed by atoms with van der Waals surface area (Å²) in [5.41, 5.74) is 1.84. The fourth-order valence-corrected chi connectivity index (χ4v) is 2.76. The summed E-state index contributed by atoms with van der Waals surface area (Å²) in [5, 5.41) is 5.45. The standard InChI is InChI=1S/C20H21FN4O2/c1-12(2)11-17(22-18(26)13-7-9-14(21)10-8-13)19(27)25-20-23-15-5-3-4-6-16(15)24-20/h3-10,12,17H,11H2,1-2H3,(H,22,26)(H2,23,24,25,27)/t17-/m1/s1. The Morgan fingerprint density at radius 1 is 1.11 bits per heavy atom. The summed E-state index contributed by atoms with van der Waals surface area (Å²) >= 11 is 0. The SMILES string of the molecule is CC(C)C[C@@H](NC(=O)c1ccc(F)cc1)C(=O)Nc1nc2ccccc2[nH]1. The molecule has 6 nitrogen and oxygen atoms in total. The molecule has 0 aliphatic heterocycles. The highest BCUT2D eigenvalue weighted by molar-refractivity contribution is 6.01. The molecule has 0 radical (unpaired) electrons. The van der Waals surface area contributed by atoms with E-state index < -0.39 is 17.8 Å². The molecule has 1 heterocycles. The fourth-order valence-electron chi connectivity index (χ4n) is 2.76. The van der Waals surface area contributed by atoms with E-state index in [1.807, 2.05) is 38.1 Å². The van der Waals surface area contributed by atoms with Crippen molar-refractivity contribution in [2.24, 2.45) is 5.92 Å². The third-order valence-corrected chi connectivity index (χ3v) is 4.07. The summed E-state index contributed by atoms with van der Waals surface area (Å²) in [6.45, 7) is 3.93. The third kappa shape index (κ3) is 4.69. The lowest BCUT2D eigenvalue weighted by molar-refractivity contribution is -0.118. The molecule has 0 bridgehead atoms. The van der Waals surface area contributed by atoms with Crippen molar-refractivity contribution in [1.82, 2.24) is 15.3 Å². The second-order valence-electron chi connectivity index (χ2n) is 6.75. The highest BCUT2D eigenvalue weighted by Crippen LogP contribution is 2.15. The molecule has 0 saturated carbocycles. The van der Waals surface area contributed by atoms with Gasteiger partial charge in [-0.3, -0.25) is 14.9 Å². The second-order valence-corrected chi connectivity index (χ2v) is 6.75. The molecule has 0 aliphatic rings. The Hall–Kier alpha value is -3.22. The quantitative estimate of drug-likeness (QED) is 0.622. The average molecular weight is 368 g/mol. The van der Waals surface area contributed by atoms with Gasteiger partial charge in [-0.15, -0.1) is 0 Å². The molecule has 7 heteroatoms. The first kappa shape index (κ1) is 18.6. The maximum absolute atomic E-state index is 13.0. The molecule has 0 saturated heterocycles. The van der Waals surface area contributed by atoms with Crippen LogP contribution in [0.1, 0.15) is 30.6 Å². The lowest BCUT2D eigenvalue weighted by atomic mass is 10.0. The molecule has 1 aromatic heterocycles. The van der Waals surface area contributed by atoms with Crippen molar-refractivity contribution in [3.8, 4) is 0 Å². The third-order valence-electron chi connectivity index (χ3n) is 4.07. The van der Waals surface area contributed by atoms with Gasteiger partial charge in [0.25, 0.3) is 5.91 Å². The van der Waals surface area contributed by atoms with E-state index >= 15 is 0 Å². The number of halogens is 1. The molecule has 2 aromatic carbocycles. The molecule has 27 heavy (non-hydrogen) atoms. The van der Waals surface area contributed by atoms with Crippen molar-refractivity contribution >= 4 is 28.8 Å². The van der Waals surface area contributed by atoms with Gasteiger partial charge in [-0.2, -0.15) is 0 Å². The Morgan fingerprint density at radius 3 is 2.48 bits per heavy atom. The van der Waals surface area contributed by atoms with Gasteiger partial charge in [0, 0.05) is 5.56 Å². The van der Waals surface area contributed by atoms with Crippen molar-refractivity contribution in [3.63, 3.8) is 0 Å². The summed E-state index contributed by atoms with van der Waals surface area (Å²) < 4.78 is 13.0. The van der Waals surface area contributed by atoms with Gasteiger partial charge >= 0.3 is 0 Å². The number of benzene rings is 2. The Morgan fingerprint density at radius 2 is 1.81 bits per heavy atom. The zero-order valence-corrected chi connectivity index (χ0v) is 15.1. The maximum Gasteiger partial charge on any atom is 0.251 e. The van der Waals surface area contributed by atoms with Crippen molar-refractivity contribution in [1.29, 1.82) is 0 Å². The van der Waals surface area contributed by atoms with Crippen LogP contribution in [0.5, 0.6) is 0 Å². The van der Waals surface area contributed by atoms with Gasteiger partial charge < -0.3 is 10.3 Å². The van der Waals surface area contributed by atoms with Crippen LogP contribution in [0, 0.1) is 11.7 Å². The number of para-hydroxylation sites is 2. The van der Waals surface area contributed by atoms with Crippen LogP contribution >= 0.6 is 0 Å². The number of hydrogen-bond donors (Lipinski definition) is 3. The van der Waals surface area contributed by atoms with Crippen molar-refractivity contribution < 1.29 is 14.0 Å². The van der Waals surface area contributed by atoms with E-state index in [-0.39, 0.29) is 11.8 Å². The van der Waals surface area contributed by atoms with Crippen LogP contribution in [-0.2, 0) is 4.79 Å². The number of nitrogens with one attached hydrogen (secondary N) is 3. The number of rotatable bonds is 6. The predicted octanol–water partition coefficient (Wildman–Crippen LogP) is 3.49. The molecule has 140 valence electrons. The van der Waals surface area contributed by atoms with Crippen molar-refractivity contribution in [2.75, 3.05) is 5.32 Å². The van der Waals surface area contributed by atoms with E-state index in [4.69, 9.17) is 0 Å². The summed E-state index contributed by atoms with van der Waals surface area (Å²) in [7, 11) is 0. The largest absolute Gasteiger partial charge is 0.340 e. The van der Waals surface area contributed by atoms with Gasteiger partial charge in [0.15, 0.2) is 0 Å². The molecule has 3 aromatic rings. The molecule has 0 fully saturated rings. The van der Waals surface area contributed by atoms with E-state index in [0.29, 0.717) is 17.9 Å². The molecular weight excluding hydrogens is 347 g/mol. The van der Waals surface area contributed by atoms with Gasteiger partial charge in [-0.05, 0) is 48.7 Å². The Balaban J connectivity index is 1.73.